The first-order valence-corrected chi connectivity index (χ1v) is 15.8. The summed E-state index contributed by atoms with van der Waals surface area (Å²) in [4.78, 5) is 27.7. The number of rotatable bonds is 18. The third-order valence-electron chi connectivity index (χ3n) is 8.40. The van der Waals surface area contributed by atoms with Crippen molar-refractivity contribution in [3.8, 4) is 11.5 Å². The second-order valence-corrected chi connectivity index (χ2v) is 11.8. The summed E-state index contributed by atoms with van der Waals surface area (Å²) in [5.41, 5.74) is 0.394. The fourth-order valence-corrected chi connectivity index (χ4v) is 5.70. The van der Waals surface area contributed by atoms with Crippen LogP contribution in [-0.4, -0.2) is 56.3 Å². The Labute approximate surface area is 250 Å². The van der Waals surface area contributed by atoms with Gasteiger partial charge in [0.1, 0.15) is 11.5 Å². The van der Waals surface area contributed by atoms with E-state index in [2.05, 4.69) is 24.5 Å². The molecule has 232 valence electrons. The summed E-state index contributed by atoms with van der Waals surface area (Å²) in [5.74, 6) is -1.96. The van der Waals surface area contributed by atoms with Gasteiger partial charge in [0.15, 0.2) is 0 Å². The number of aliphatic hydroxyl groups excluding tert-OH is 2. The van der Waals surface area contributed by atoms with Gasteiger partial charge < -0.3 is 31.1 Å². The van der Waals surface area contributed by atoms with E-state index in [1.165, 1.54) is 25.0 Å². The monoisotopic (exact) mass is 582 g/mol. The molecule has 0 aromatic heterocycles. The van der Waals surface area contributed by atoms with E-state index in [4.69, 9.17) is 0 Å². The molecule has 0 heterocycles. The normalized spacial score (nSPS) is 15.5. The second kappa shape index (κ2) is 15.9. The van der Waals surface area contributed by atoms with Gasteiger partial charge in [-0.2, -0.15) is 0 Å². The predicted octanol–water partition coefficient (Wildman–Crippen LogP) is 6.92. The summed E-state index contributed by atoms with van der Waals surface area (Å²) >= 11 is 0. The number of anilines is 2. The minimum atomic E-state index is -0.660. The largest absolute Gasteiger partial charge is 0.507 e. The smallest absolute Gasteiger partial charge is 0.200 e. The molecule has 1 aliphatic rings. The van der Waals surface area contributed by atoms with E-state index in [1.807, 2.05) is 13.8 Å². The van der Waals surface area contributed by atoms with Crippen molar-refractivity contribution >= 4 is 22.9 Å². The molecule has 2 aromatic rings. The molecule has 0 radical (unpaired) electrons. The number of carbonyl (C=O) groups excluding carboxylic acids is 2. The van der Waals surface area contributed by atoms with E-state index < -0.39 is 35.9 Å². The van der Waals surface area contributed by atoms with Gasteiger partial charge in [0.2, 0.25) is 11.6 Å². The second-order valence-electron chi connectivity index (χ2n) is 11.8. The summed E-state index contributed by atoms with van der Waals surface area (Å²) < 4.78 is 0. The molecule has 0 saturated carbocycles. The minimum absolute atomic E-state index is 0.0710. The van der Waals surface area contributed by atoms with Crippen LogP contribution in [0.25, 0.3) is 0 Å². The molecule has 2 aromatic carbocycles. The van der Waals surface area contributed by atoms with Gasteiger partial charge in [-0.3, -0.25) is 9.59 Å². The van der Waals surface area contributed by atoms with Crippen LogP contribution in [0.2, 0.25) is 0 Å². The lowest BCUT2D eigenvalue weighted by Gasteiger charge is -2.29. The fraction of sp³-hybridized carbons (Fsp3) is 0.588. The lowest BCUT2D eigenvalue weighted by Crippen LogP contribution is -2.34. The van der Waals surface area contributed by atoms with Crippen LogP contribution in [0.3, 0.4) is 0 Å². The maximum Gasteiger partial charge on any atom is 0.200 e. The Morgan fingerprint density at radius 1 is 0.571 bits per heavy atom. The third kappa shape index (κ3) is 8.04. The minimum Gasteiger partial charge on any atom is -0.507 e. The van der Waals surface area contributed by atoms with Crippen molar-refractivity contribution in [2.75, 3.05) is 10.6 Å². The number of aliphatic hydroxyl groups is 2. The van der Waals surface area contributed by atoms with Crippen LogP contribution in [0.1, 0.15) is 137 Å². The lowest BCUT2D eigenvalue weighted by atomic mass is 9.81. The maximum absolute atomic E-state index is 13.9. The van der Waals surface area contributed by atoms with Gasteiger partial charge in [-0.1, -0.05) is 78.1 Å². The zero-order chi connectivity index (χ0) is 30.8. The number of hydrogen-bond donors (Lipinski definition) is 6. The first kappa shape index (κ1) is 33.4. The Hall–Kier alpha value is -3.10. The molecular formula is C34H50N2O6. The molecule has 0 amide bonds. The Morgan fingerprint density at radius 2 is 0.929 bits per heavy atom. The van der Waals surface area contributed by atoms with Crippen molar-refractivity contribution in [2.24, 2.45) is 0 Å². The van der Waals surface area contributed by atoms with Crippen LogP contribution < -0.4 is 10.6 Å². The van der Waals surface area contributed by atoms with E-state index in [1.54, 1.807) is 12.1 Å². The fourth-order valence-electron chi connectivity index (χ4n) is 5.70. The molecule has 1 aliphatic carbocycles. The van der Waals surface area contributed by atoms with Crippen molar-refractivity contribution in [3.63, 3.8) is 0 Å². The number of ketones is 2. The predicted molar refractivity (Wildman–Crippen MR) is 168 cm³/mol. The lowest BCUT2D eigenvalue weighted by molar-refractivity contribution is 0.0974. The van der Waals surface area contributed by atoms with Crippen LogP contribution in [0.15, 0.2) is 24.3 Å². The molecular weight excluding hydrogens is 532 g/mol. The highest BCUT2D eigenvalue weighted by Crippen LogP contribution is 2.42. The van der Waals surface area contributed by atoms with Crippen molar-refractivity contribution in [3.05, 3.63) is 46.5 Å². The maximum atomic E-state index is 13.9. The number of hydrogen-bond acceptors (Lipinski definition) is 8. The zero-order valence-corrected chi connectivity index (χ0v) is 25.7. The highest BCUT2D eigenvalue weighted by molar-refractivity contribution is 6.33. The Bertz CT molecular complexity index is 1120. The Kier molecular flexibility index (Phi) is 12.7. The quantitative estimate of drug-likeness (QED) is 0.0702. The topological polar surface area (TPSA) is 139 Å². The third-order valence-corrected chi connectivity index (χ3v) is 8.40. The SMILES string of the molecule is CCCCCCCC(O)C(C)Nc1ccc(NC(C)C(O)CCCCCCC)c2c1C(=O)c1c(O)ccc(O)c1C2=O. The molecule has 8 nitrogen and oxygen atoms in total. The average Bonchev–Trinajstić information content (AvgIpc) is 2.97. The molecule has 0 aliphatic heterocycles. The molecule has 3 rings (SSSR count). The number of benzene rings is 2. The number of fused-ring (bicyclic) bond motifs is 2. The van der Waals surface area contributed by atoms with Crippen LogP contribution in [0, 0.1) is 0 Å². The molecule has 0 spiro atoms. The molecule has 0 bridgehead atoms. The van der Waals surface area contributed by atoms with E-state index in [0.29, 0.717) is 24.2 Å². The zero-order valence-electron chi connectivity index (χ0n) is 25.7. The Morgan fingerprint density at radius 3 is 1.29 bits per heavy atom. The summed E-state index contributed by atoms with van der Waals surface area (Å²) in [6.45, 7) is 7.99. The summed E-state index contributed by atoms with van der Waals surface area (Å²) in [6, 6.07) is 4.95. The average molecular weight is 583 g/mol. The summed E-state index contributed by atoms with van der Waals surface area (Å²) in [5, 5.41) is 49.2. The Balaban J connectivity index is 1.90. The number of phenols is 2. The highest BCUT2D eigenvalue weighted by Gasteiger charge is 2.38. The van der Waals surface area contributed by atoms with Gasteiger partial charge in [-0.05, 0) is 51.0 Å². The molecule has 8 heteroatoms. The summed E-state index contributed by atoms with van der Waals surface area (Å²) in [7, 11) is 0. The summed E-state index contributed by atoms with van der Waals surface area (Å²) in [6.07, 6.45) is 10.7. The van der Waals surface area contributed by atoms with E-state index in [9.17, 15) is 30.0 Å². The van der Waals surface area contributed by atoms with Gasteiger partial charge in [-0.15, -0.1) is 0 Å². The standard InChI is InChI=1S/C34H50N2O6/c1-5-7-9-11-13-15-25(37)21(3)35-23-17-18-24(36-22(4)26(38)16-14-12-10-8-6-2)30-29(23)33(41)31-27(39)19-20-28(40)32(31)34(30)42/h17-22,25-26,35-40H,5-16H2,1-4H3. The van der Waals surface area contributed by atoms with E-state index in [-0.39, 0.29) is 33.8 Å². The molecule has 42 heavy (non-hydrogen) atoms. The number of nitrogens with one attached hydrogen (secondary N) is 2. The first-order chi connectivity index (χ1) is 20.1. The molecule has 4 atom stereocenters. The van der Waals surface area contributed by atoms with Crippen LogP contribution in [0.4, 0.5) is 11.4 Å². The highest BCUT2D eigenvalue weighted by atomic mass is 16.3. The number of unbranched alkanes of at least 4 members (excludes halogenated alkanes) is 8. The van der Waals surface area contributed by atoms with Crippen molar-refractivity contribution in [2.45, 2.75) is 129 Å². The van der Waals surface area contributed by atoms with Crippen molar-refractivity contribution in [1.29, 1.82) is 0 Å². The van der Waals surface area contributed by atoms with Crippen molar-refractivity contribution in [1.82, 2.24) is 0 Å². The van der Waals surface area contributed by atoms with Gasteiger partial charge in [-0.25, -0.2) is 0 Å². The number of phenolic OH excluding ortho intramolecular Hbond substituents is 2. The van der Waals surface area contributed by atoms with Crippen LogP contribution >= 0.6 is 0 Å². The van der Waals surface area contributed by atoms with Crippen LogP contribution in [-0.2, 0) is 0 Å². The van der Waals surface area contributed by atoms with E-state index >= 15 is 0 Å². The van der Waals surface area contributed by atoms with Gasteiger partial charge in [0.05, 0.1) is 34.5 Å². The van der Waals surface area contributed by atoms with Gasteiger partial charge in [0.25, 0.3) is 0 Å². The molecule has 0 fully saturated rings. The number of carbonyl (C=O) groups is 2. The van der Waals surface area contributed by atoms with Crippen LogP contribution in [0.5, 0.6) is 11.5 Å². The van der Waals surface area contributed by atoms with Crippen molar-refractivity contribution < 1.29 is 30.0 Å². The molecule has 0 saturated heterocycles. The van der Waals surface area contributed by atoms with Gasteiger partial charge >= 0.3 is 0 Å². The molecule has 6 N–H and O–H groups in total. The number of aromatic hydroxyl groups is 2. The molecule has 4 unspecified atom stereocenters. The first-order valence-electron chi connectivity index (χ1n) is 15.8. The van der Waals surface area contributed by atoms with E-state index in [0.717, 1.165) is 51.4 Å². The van der Waals surface area contributed by atoms with Gasteiger partial charge in [0, 0.05) is 23.5 Å².